The number of pyridine rings is 1. The minimum atomic E-state index is 0.0745. The highest BCUT2D eigenvalue weighted by Gasteiger charge is 2.05. The van der Waals surface area contributed by atoms with Crippen molar-refractivity contribution in [2.45, 2.75) is 41.0 Å². The van der Waals surface area contributed by atoms with Gasteiger partial charge in [-0.25, -0.2) is 4.98 Å². The van der Waals surface area contributed by atoms with E-state index in [0.29, 0.717) is 0 Å². The molecule has 1 aliphatic carbocycles. The number of fused-ring (bicyclic) bond motifs is 1. The molecule has 0 atom stereocenters. The van der Waals surface area contributed by atoms with Crippen LogP contribution < -0.4 is 10.6 Å². The van der Waals surface area contributed by atoms with Crippen LogP contribution in [0.4, 0.5) is 0 Å². The van der Waals surface area contributed by atoms with E-state index < -0.39 is 0 Å². The van der Waals surface area contributed by atoms with Crippen LogP contribution >= 0.6 is 0 Å². The van der Waals surface area contributed by atoms with E-state index in [1.54, 1.807) is 7.11 Å². The maximum absolute atomic E-state index is 9.08. The Hall–Kier alpha value is -2.13. The lowest BCUT2D eigenvalue weighted by atomic mass is 10.1. The maximum atomic E-state index is 9.08. The SMILES string of the molecule is CC.COC1=CCC=c2cc(C)c(/C(C)=C/C=C(\C)CO)nc2=C1. The van der Waals surface area contributed by atoms with E-state index >= 15 is 0 Å². The number of hydrogen-bond donors (Lipinski definition) is 1. The molecule has 1 aromatic rings. The molecule has 0 fully saturated rings. The first kappa shape index (κ1) is 19.9. The minimum absolute atomic E-state index is 0.0745. The van der Waals surface area contributed by atoms with Crippen molar-refractivity contribution in [2.24, 2.45) is 0 Å². The Labute approximate surface area is 145 Å². The second kappa shape index (κ2) is 9.89. The number of methoxy groups -OCH3 is 1. The molecule has 1 heterocycles. The quantitative estimate of drug-likeness (QED) is 0.863. The van der Waals surface area contributed by atoms with E-state index in [9.17, 15) is 0 Å². The Morgan fingerprint density at radius 3 is 2.58 bits per heavy atom. The molecule has 2 rings (SSSR count). The van der Waals surface area contributed by atoms with Crippen LogP contribution in [-0.2, 0) is 4.74 Å². The Kier molecular flexibility index (Phi) is 8.20. The molecule has 0 saturated carbocycles. The number of rotatable bonds is 4. The second-order valence-electron chi connectivity index (χ2n) is 5.54. The normalized spacial score (nSPS) is 14.2. The van der Waals surface area contributed by atoms with Gasteiger partial charge >= 0.3 is 0 Å². The van der Waals surface area contributed by atoms with Crippen LogP contribution in [0, 0.1) is 6.92 Å². The van der Waals surface area contributed by atoms with E-state index in [2.05, 4.69) is 19.1 Å². The van der Waals surface area contributed by atoms with Gasteiger partial charge in [0.2, 0.25) is 0 Å². The highest BCUT2D eigenvalue weighted by Crippen LogP contribution is 2.14. The van der Waals surface area contributed by atoms with Gasteiger partial charge in [0, 0.05) is 6.08 Å². The number of ether oxygens (including phenoxy) is 1. The van der Waals surface area contributed by atoms with E-state index in [-0.39, 0.29) is 6.61 Å². The zero-order valence-corrected chi connectivity index (χ0v) is 15.7. The van der Waals surface area contributed by atoms with Crippen LogP contribution in [-0.4, -0.2) is 23.8 Å². The van der Waals surface area contributed by atoms with Gasteiger partial charge in [-0.05, 0) is 61.3 Å². The first-order valence-corrected chi connectivity index (χ1v) is 8.44. The summed E-state index contributed by atoms with van der Waals surface area (Å²) in [5, 5.41) is 11.1. The number of aliphatic hydroxyl groups is 1. The summed E-state index contributed by atoms with van der Waals surface area (Å²) in [6.07, 6.45) is 11.0. The summed E-state index contributed by atoms with van der Waals surface area (Å²) in [5.74, 6) is 0.843. The number of nitrogens with zero attached hydrogens (tertiary/aromatic N) is 1. The monoisotopic (exact) mass is 327 g/mol. The molecule has 0 radical (unpaired) electrons. The summed E-state index contributed by atoms with van der Waals surface area (Å²) < 4.78 is 5.35. The lowest BCUT2D eigenvalue weighted by molar-refractivity contribution is 0.312. The average Bonchev–Trinajstić information content (AvgIpc) is 2.81. The number of hydrogen-bond acceptors (Lipinski definition) is 3. The van der Waals surface area contributed by atoms with E-state index in [1.807, 2.05) is 52.0 Å². The molecule has 3 nitrogen and oxygen atoms in total. The molecule has 1 aliphatic rings. The van der Waals surface area contributed by atoms with Crippen LogP contribution in [0.25, 0.3) is 17.7 Å². The van der Waals surface area contributed by atoms with Crippen LogP contribution in [0.15, 0.2) is 35.6 Å². The highest BCUT2D eigenvalue weighted by molar-refractivity contribution is 5.65. The van der Waals surface area contributed by atoms with Crippen LogP contribution in [0.5, 0.6) is 0 Å². The summed E-state index contributed by atoms with van der Waals surface area (Å²) in [6, 6.07) is 2.17. The Bertz CT molecular complexity index is 768. The molecule has 0 bridgehead atoms. The summed E-state index contributed by atoms with van der Waals surface area (Å²) in [7, 11) is 1.68. The predicted octanol–water partition coefficient (Wildman–Crippen LogP) is 3.25. The molecular weight excluding hydrogens is 298 g/mol. The Morgan fingerprint density at radius 1 is 1.25 bits per heavy atom. The first-order chi connectivity index (χ1) is 11.5. The van der Waals surface area contributed by atoms with Crippen molar-refractivity contribution in [2.75, 3.05) is 13.7 Å². The third-order valence-electron chi connectivity index (χ3n) is 3.69. The summed E-state index contributed by atoms with van der Waals surface area (Å²) in [4.78, 5) is 4.81. The van der Waals surface area contributed by atoms with Crippen molar-refractivity contribution in [1.82, 2.24) is 4.98 Å². The van der Waals surface area contributed by atoms with Crippen molar-refractivity contribution < 1.29 is 9.84 Å². The summed E-state index contributed by atoms with van der Waals surface area (Å²) >= 11 is 0. The van der Waals surface area contributed by atoms with Crippen molar-refractivity contribution in [3.05, 3.63) is 57.5 Å². The number of aromatic nitrogens is 1. The predicted molar refractivity (Wildman–Crippen MR) is 103 cm³/mol. The topological polar surface area (TPSA) is 42.4 Å². The van der Waals surface area contributed by atoms with Gasteiger partial charge in [-0.3, -0.25) is 0 Å². The summed E-state index contributed by atoms with van der Waals surface area (Å²) in [6.45, 7) is 10.1. The molecule has 0 aromatic carbocycles. The molecule has 0 unspecified atom stereocenters. The van der Waals surface area contributed by atoms with Crippen LogP contribution in [0.3, 0.4) is 0 Å². The van der Waals surface area contributed by atoms with Gasteiger partial charge in [-0.2, -0.15) is 0 Å². The van der Waals surface area contributed by atoms with Crippen molar-refractivity contribution in [3.63, 3.8) is 0 Å². The molecular formula is C21H29NO2. The standard InChI is InChI=1S/C19H23NO2.C2H6/c1-13(12-21)8-9-14(2)19-15(3)10-16-6-5-7-17(22-4)11-18(16)20-19;1-2/h6-11,21H,5,12H2,1-4H3;1-2H3/b13-8+,14-9+;. The summed E-state index contributed by atoms with van der Waals surface area (Å²) in [5.41, 5.74) is 4.13. The van der Waals surface area contributed by atoms with Gasteiger partial charge in [0.05, 0.1) is 24.8 Å². The second-order valence-corrected chi connectivity index (χ2v) is 5.54. The third-order valence-corrected chi connectivity index (χ3v) is 3.69. The largest absolute Gasteiger partial charge is 0.497 e. The average molecular weight is 327 g/mol. The molecule has 0 amide bonds. The molecule has 0 aliphatic heterocycles. The number of allylic oxidation sites excluding steroid dienone is 5. The number of aliphatic hydroxyl groups excluding tert-OH is 1. The van der Waals surface area contributed by atoms with Crippen molar-refractivity contribution in [3.8, 4) is 0 Å². The zero-order chi connectivity index (χ0) is 18.1. The zero-order valence-electron chi connectivity index (χ0n) is 15.7. The highest BCUT2D eigenvalue weighted by atomic mass is 16.5. The van der Waals surface area contributed by atoms with Crippen molar-refractivity contribution >= 4 is 17.7 Å². The van der Waals surface area contributed by atoms with E-state index in [1.165, 1.54) is 0 Å². The molecule has 1 N–H and O–H groups in total. The number of aryl methyl sites for hydroxylation is 1. The van der Waals surface area contributed by atoms with Crippen molar-refractivity contribution in [1.29, 1.82) is 0 Å². The van der Waals surface area contributed by atoms with Crippen LogP contribution in [0.2, 0.25) is 0 Å². The lowest BCUT2D eigenvalue weighted by Gasteiger charge is -2.06. The fraction of sp³-hybridized carbons (Fsp3) is 0.381. The maximum Gasteiger partial charge on any atom is 0.117 e. The Balaban J connectivity index is 0.00000139. The molecule has 1 aromatic heterocycles. The van der Waals surface area contributed by atoms with Gasteiger partial charge in [0.15, 0.2) is 0 Å². The third kappa shape index (κ3) is 5.20. The van der Waals surface area contributed by atoms with Gasteiger partial charge < -0.3 is 9.84 Å². The molecule has 24 heavy (non-hydrogen) atoms. The minimum Gasteiger partial charge on any atom is -0.497 e. The smallest absolute Gasteiger partial charge is 0.117 e. The first-order valence-electron chi connectivity index (χ1n) is 8.44. The molecule has 3 heteroatoms. The fourth-order valence-corrected chi connectivity index (χ4v) is 2.36. The fourth-order valence-electron chi connectivity index (χ4n) is 2.36. The lowest BCUT2D eigenvalue weighted by Crippen LogP contribution is -2.29. The molecule has 0 spiro atoms. The van der Waals surface area contributed by atoms with Gasteiger partial charge in [0.1, 0.15) is 5.76 Å². The van der Waals surface area contributed by atoms with E-state index in [4.69, 9.17) is 14.8 Å². The van der Waals surface area contributed by atoms with Gasteiger partial charge in [-0.15, -0.1) is 0 Å². The Morgan fingerprint density at radius 2 is 1.96 bits per heavy atom. The van der Waals surface area contributed by atoms with Gasteiger partial charge in [0.25, 0.3) is 0 Å². The van der Waals surface area contributed by atoms with Crippen LogP contribution in [0.1, 0.15) is 45.4 Å². The molecule has 0 saturated heterocycles. The van der Waals surface area contributed by atoms with E-state index in [0.717, 1.165) is 45.2 Å². The molecule has 130 valence electrons. The van der Waals surface area contributed by atoms with Gasteiger partial charge in [-0.1, -0.05) is 32.1 Å².